The van der Waals surface area contributed by atoms with Crippen molar-refractivity contribution in [3.05, 3.63) is 77.9 Å². The van der Waals surface area contributed by atoms with Gasteiger partial charge in [-0.1, -0.05) is 6.07 Å². The minimum absolute atomic E-state index is 0.0130. The van der Waals surface area contributed by atoms with Gasteiger partial charge in [0.25, 0.3) is 5.91 Å². The van der Waals surface area contributed by atoms with E-state index >= 15 is 0 Å². The maximum Gasteiger partial charge on any atom is 0.276 e. The number of amides is 1. The molecule has 2 aromatic heterocycles. The third kappa shape index (κ3) is 3.55. The van der Waals surface area contributed by atoms with Crippen LogP contribution in [-0.2, 0) is 13.1 Å². The summed E-state index contributed by atoms with van der Waals surface area (Å²) in [4.78, 5) is 18.4. The molecule has 1 aromatic carbocycles. The highest BCUT2D eigenvalue weighted by Gasteiger charge is 2.24. The number of hydrogen-bond acceptors (Lipinski definition) is 3. The van der Waals surface area contributed by atoms with Crippen LogP contribution in [0.25, 0.3) is 0 Å². The minimum atomic E-state index is -0.813. The molecule has 2 heterocycles. The monoisotopic (exact) mass is 342 g/mol. The summed E-state index contributed by atoms with van der Waals surface area (Å²) >= 11 is 0. The quantitative estimate of drug-likeness (QED) is 0.714. The van der Waals surface area contributed by atoms with Gasteiger partial charge in [0, 0.05) is 25.0 Å². The lowest BCUT2D eigenvalue weighted by Crippen LogP contribution is -2.33. The Morgan fingerprint density at radius 2 is 2.00 bits per heavy atom. The van der Waals surface area contributed by atoms with E-state index < -0.39 is 17.5 Å². The summed E-state index contributed by atoms with van der Waals surface area (Å²) in [6.45, 7) is 2.40. The molecule has 1 amide bonds. The number of rotatable bonds is 5. The van der Waals surface area contributed by atoms with Gasteiger partial charge in [0.05, 0.1) is 17.9 Å². The van der Waals surface area contributed by atoms with E-state index in [1.165, 1.54) is 21.8 Å². The van der Waals surface area contributed by atoms with Gasteiger partial charge in [0.15, 0.2) is 0 Å². The lowest BCUT2D eigenvalue weighted by molar-refractivity contribution is 0.0973. The van der Waals surface area contributed by atoms with E-state index in [1.807, 2.05) is 6.92 Å². The second kappa shape index (κ2) is 7.21. The first kappa shape index (κ1) is 16.8. The van der Waals surface area contributed by atoms with Crippen LogP contribution in [0.2, 0.25) is 0 Å². The first-order valence-electron chi connectivity index (χ1n) is 7.78. The summed E-state index contributed by atoms with van der Waals surface area (Å²) in [7, 11) is 0. The Kier molecular flexibility index (Phi) is 4.83. The van der Waals surface area contributed by atoms with Crippen molar-refractivity contribution in [2.75, 3.05) is 4.90 Å². The molecular weight excluding hydrogens is 326 g/mol. The lowest BCUT2D eigenvalue weighted by atomic mass is 10.2. The molecule has 0 saturated heterocycles. The van der Waals surface area contributed by atoms with Crippen molar-refractivity contribution in [2.45, 2.75) is 20.0 Å². The molecule has 7 heteroatoms. The average Bonchev–Trinajstić information content (AvgIpc) is 3.09. The van der Waals surface area contributed by atoms with Gasteiger partial charge in [-0.05, 0) is 37.3 Å². The zero-order valence-electron chi connectivity index (χ0n) is 13.6. The maximum absolute atomic E-state index is 14.3. The van der Waals surface area contributed by atoms with E-state index in [2.05, 4.69) is 10.1 Å². The van der Waals surface area contributed by atoms with Gasteiger partial charge < -0.3 is 0 Å². The zero-order chi connectivity index (χ0) is 17.8. The van der Waals surface area contributed by atoms with Crippen LogP contribution in [0.5, 0.6) is 0 Å². The van der Waals surface area contributed by atoms with Crippen molar-refractivity contribution < 1.29 is 13.6 Å². The Labute approximate surface area is 143 Å². The number of halogens is 2. The molecule has 0 aliphatic carbocycles. The van der Waals surface area contributed by atoms with Gasteiger partial charge in [-0.15, -0.1) is 0 Å². The fourth-order valence-corrected chi connectivity index (χ4v) is 2.52. The summed E-state index contributed by atoms with van der Waals surface area (Å²) in [5.41, 5.74) is 0.894. The second-order valence-corrected chi connectivity index (χ2v) is 5.34. The summed E-state index contributed by atoms with van der Waals surface area (Å²) in [6, 6.07) is 9.96. The van der Waals surface area contributed by atoms with E-state index in [1.54, 1.807) is 30.5 Å². The molecule has 0 atom stereocenters. The first-order chi connectivity index (χ1) is 12.1. The highest BCUT2D eigenvalue weighted by Crippen LogP contribution is 2.24. The minimum Gasteiger partial charge on any atom is -0.298 e. The van der Waals surface area contributed by atoms with E-state index in [-0.39, 0.29) is 12.2 Å². The summed E-state index contributed by atoms with van der Waals surface area (Å²) in [5.74, 6) is -1.95. The Morgan fingerprint density at radius 1 is 1.16 bits per heavy atom. The number of carbonyl (C=O) groups is 1. The average molecular weight is 342 g/mol. The molecule has 25 heavy (non-hydrogen) atoms. The maximum atomic E-state index is 14.3. The highest BCUT2D eigenvalue weighted by molar-refractivity contribution is 6.04. The normalized spacial score (nSPS) is 10.7. The molecule has 0 radical (unpaired) electrons. The van der Waals surface area contributed by atoms with Crippen LogP contribution in [-0.4, -0.2) is 20.7 Å². The lowest BCUT2D eigenvalue weighted by Gasteiger charge is -2.23. The van der Waals surface area contributed by atoms with Gasteiger partial charge in [-0.25, -0.2) is 8.78 Å². The molecule has 0 fully saturated rings. The number of carbonyl (C=O) groups excluding carboxylic acids is 1. The van der Waals surface area contributed by atoms with Gasteiger partial charge in [0.1, 0.15) is 17.3 Å². The summed E-state index contributed by atoms with van der Waals surface area (Å²) in [5, 5.41) is 4.08. The molecule has 0 N–H and O–H groups in total. The first-order valence-corrected chi connectivity index (χ1v) is 7.78. The smallest absolute Gasteiger partial charge is 0.276 e. The molecule has 5 nitrogen and oxygen atoms in total. The number of hydrogen-bond donors (Lipinski definition) is 0. The molecule has 128 valence electrons. The number of pyridine rings is 1. The Bertz CT molecular complexity index is 880. The topological polar surface area (TPSA) is 51.0 Å². The SMILES string of the molecule is CCn1nccc1C(=O)N(Cc1ccccn1)c1ccc(F)cc1F. The van der Waals surface area contributed by atoms with Crippen LogP contribution in [0.3, 0.4) is 0 Å². The van der Waals surface area contributed by atoms with Crippen LogP contribution < -0.4 is 4.90 Å². The van der Waals surface area contributed by atoms with Crippen molar-refractivity contribution in [1.29, 1.82) is 0 Å². The standard InChI is InChI=1S/C18H16F2N4O/c1-2-24-17(8-10-22-24)18(25)23(12-14-5-3-4-9-21-14)16-7-6-13(19)11-15(16)20/h3-11H,2,12H2,1H3. The van der Waals surface area contributed by atoms with Crippen LogP contribution in [0, 0.1) is 11.6 Å². The number of aromatic nitrogens is 3. The third-order valence-electron chi connectivity index (χ3n) is 3.73. The largest absolute Gasteiger partial charge is 0.298 e. The van der Waals surface area contributed by atoms with Crippen LogP contribution in [0.1, 0.15) is 23.1 Å². The molecule has 0 spiro atoms. The fraction of sp³-hybridized carbons (Fsp3) is 0.167. The van der Waals surface area contributed by atoms with Crippen molar-refractivity contribution in [2.24, 2.45) is 0 Å². The van der Waals surface area contributed by atoms with E-state index in [0.29, 0.717) is 17.9 Å². The van der Waals surface area contributed by atoms with Crippen molar-refractivity contribution in [1.82, 2.24) is 14.8 Å². The van der Waals surface area contributed by atoms with Gasteiger partial charge >= 0.3 is 0 Å². The molecule has 0 aliphatic heterocycles. The van der Waals surface area contributed by atoms with Gasteiger partial charge in [-0.3, -0.25) is 19.4 Å². The van der Waals surface area contributed by atoms with Crippen LogP contribution in [0.15, 0.2) is 54.9 Å². The predicted molar refractivity (Wildman–Crippen MR) is 89.0 cm³/mol. The van der Waals surface area contributed by atoms with Crippen molar-refractivity contribution >= 4 is 11.6 Å². The van der Waals surface area contributed by atoms with E-state index in [9.17, 15) is 13.6 Å². The molecule has 3 aromatic rings. The predicted octanol–water partition coefficient (Wildman–Crippen LogP) is 3.42. The number of nitrogens with zero attached hydrogens (tertiary/aromatic N) is 4. The fourth-order valence-electron chi connectivity index (χ4n) is 2.52. The molecule has 0 saturated carbocycles. The summed E-state index contributed by atoms with van der Waals surface area (Å²) < 4.78 is 29.1. The molecule has 3 rings (SSSR count). The van der Waals surface area contributed by atoms with E-state index in [4.69, 9.17) is 0 Å². The van der Waals surface area contributed by atoms with Crippen LogP contribution in [0.4, 0.5) is 14.5 Å². The van der Waals surface area contributed by atoms with Gasteiger partial charge in [-0.2, -0.15) is 5.10 Å². The summed E-state index contributed by atoms with van der Waals surface area (Å²) in [6.07, 6.45) is 3.10. The number of anilines is 1. The Morgan fingerprint density at radius 3 is 2.68 bits per heavy atom. The van der Waals surface area contributed by atoms with Crippen molar-refractivity contribution in [3.63, 3.8) is 0 Å². The Balaban J connectivity index is 2.03. The molecule has 0 aliphatic rings. The Hall–Kier alpha value is -3.09. The highest BCUT2D eigenvalue weighted by atomic mass is 19.1. The molecule has 0 bridgehead atoms. The number of benzene rings is 1. The number of aryl methyl sites for hydroxylation is 1. The second-order valence-electron chi connectivity index (χ2n) is 5.34. The van der Waals surface area contributed by atoms with Gasteiger partial charge in [0.2, 0.25) is 0 Å². The van der Waals surface area contributed by atoms with E-state index in [0.717, 1.165) is 12.1 Å². The van der Waals surface area contributed by atoms with Crippen molar-refractivity contribution in [3.8, 4) is 0 Å². The molecular formula is C18H16F2N4O. The zero-order valence-corrected chi connectivity index (χ0v) is 13.6. The third-order valence-corrected chi connectivity index (χ3v) is 3.73. The molecule has 0 unspecified atom stereocenters. The van der Waals surface area contributed by atoms with Crippen LogP contribution >= 0.6 is 0 Å².